The third-order valence-electron chi connectivity index (χ3n) is 0. The van der Waals surface area contributed by atoms with E-state index in [0.717, 1.165) is 0 Å². The summed E-state index contributed by atoms with van der Waals surface area (Å²) in [6, 6.07) is 0. The summed E-state index contributed by atoms with van der Waals surface area (Å²) in [5.74, 6) is 0. The van der Waals surface area contributed by atoms with Crippen molar-refractivity contribution < 1.29 is 9.79 Å². The molecule has 0 bridgehead atoms. The highest BCUT2D eigenvalue weighted by molar-refractivity contribution is 7.74. The molecule has 0 saturated carbocycles. The smallest absolute Gasteiger partial charge is 0.271 e. The second-order valence-corrected chi connectivity index (χ2v) is 1.63. The first-order valence-electron chi connectivity index (χ1n) is 0.569. The SMILES string of the molecule is N.OP(O)Cl. The second-order valence-electron chi connectivity index (χ2n) is 0.241. The first kappa shape index (κ1) is 9.14. The van der Waals surface area contributed by atoms with Crippen LogP contribution in [-0.2, 0) is 0 Å². The molecule has 3 nitrogen and oxygen atoms in total. The van der Waals surface area contributed by atoms with Crippen LogP contribution in [0.3, 0.4) is 0 Å². The molecule has 0 aromatic heterocycles. The fraction of sp³-hybridized carbons (Fsp3) is 0. The Hall–Kier alpha value is 0.600. The first-order chi connectivity index (χ1) is 1.73. The molecule has 5 N–H and O–H groups in total. The summed E-state index contributed by atoms with van der Waals surface area (Å²) in [6.45, 7) is 0. The van der Waals surface area contributed by atoms with Gasteiger partial charge in [0.05, 0.1) is 0 Å². The van der Waals surface area contributed by atoms with Crippen LogP contribution in [-0.4, -0.2) is 9.79 Å². The summed E-state index contributed by atoms with van der Waals surface area (Å²) < 4.78 is 0. The van der Waals surface area contributed by atoms with Crippen molar-refractivity contribution in [1.29, 1.82) is 0 Å². The molecule has 0 aromatic carbocycles. The average Bonchev–Trinajstić information content (AvgIpc) is 0.811. The molecule has 0 fully saturated rings. The van der Waals surface area contributed by atoms with Crippen molar-refractivity contribution in [1.82, 2.24) is 6.15 Å². The van der Waals surface area contributed by atoms with Crippen LogP contribution in [0, 0.1) is 0 Å². The molecular weight excluding hydrogens is 112 g/mol. The van der Waals surface area contributed by atoms with Gasteiger partial charge in [0.25, 0.3) is 7.73 Å². The van der Waals surface area contributed by atoms with E-state index < -0.39 is 7.73 Å². The minimum Gasteiger partial charge on any atom is -0.344 e. The van der Waals surface area contributed by atoms with Crippen molar-refractivity contribution in [3.63, 3.8) is 0 Å². The molecule has 0 atom stereocenters. The first-order valence-corrected chi connectivity index (χ1v) is 2.72. The van der Waals surface area contributed by atoms with E-state index >= 15 is 0 Å². The van der Waals surface area contributed by atoms with E-state index in [1.165, 1.54) is 0 Å². The van der Waals surface area contributed by atoms with Gasteiger partial charge < -0.3 is 15.9 Å². The number of hydrogen-bond acceptors (Lipinski definition) is 3. The second kappa shape index (κ2) is 4.60. The van der Waals surface area contributed by atoms with Crippen molar-refractivity contribution in [2.24, 2.45) is 0 Å². The maximum absolute atomic E-state index is 7.44. The van der Waals surface area contributed by atoms with Gasteiger partial charge in [-0.05, 0) is 11.2 Å². The Balaban J connectivity index is 0. The third-order valence-corrected chi connectivity index (χ3v) is 0. The van der Waals surface area contributed by atoms with Gasteiger partial charge in [0, 0.05) is 0 Å². The molecule has 0 aliphatic rings. The molecule has 0 rings (SSSR count). The molecule has 0 saturated heterocycles. The number of halogens is 1. The molecular formula is H5ClNO2P. The highest BCUT2D eigenvalue weighted by atomic mass is 35.7. The molecule has 0 amide bonds. The van der Waals surface area contributed by atoms with Crippen LogP contribution in [0.1, 0.15) is 0 Å². The van der Waals surface area contributed by atoms with E-state index in [1.54, 1.807) is 0 Å². The molecule has 5 heavy (non-hydrogen) atoms. The van der Waals surface area contributed by atoms with Crippen molar-refractivity contribution in [2.45, 2.75) is 0 Å². The van der Waals surface area contributed by atoms with Gasteiger partial charge in [-0.2, -0.15) is 0 Å². The summed E-state index contributed by atoms with van der Waals surface area (Å²) in [5.41, 5.74) is 0. The van der Waals surface area contributed by atoms with Crippen LogP contribution in [0.2, 0.25) is 0 Å². The van der Waals surface area contributed by atoms with Gasteiger partial charge in [-0.15, -0.1) is 0 Å². The quantitative estimate of drug-likeness (QED) is 0.407. The standard InChI is InChI=1S/ClH2O2P.H3N/c1-4(2)3;/h2-3H;1H3. The van der Waals surface area contributed by atoms with Crippen LogP contribution < -0.4 is 6.15 Å². The highest BCUT2D eigenvalue weighted by Crippen LogP contribution is 2.27. The molecule has 0 aromatic rings. The van der Waals surface area contributed by atoms with E-state index in [9.17, 15) is 0 Å². The van der Waals surface area contributed by atoms with Gasteiger partial charge in [0.15, 0.2) is 0 Å². The summed E-state index contributed by atoms with van der Waals surface area (Å²) in [5, 5.41) is 0. The lowest BCUT2D eigenvalue weighted by Gasteiger charge is -1.74. The van der Waals surface area contributed by atoms with Crippen LogP contribution in [0.5, 0.6) is 0 Å². The summed E-state index contributed by atoms with van der Waals surface area (Å²) in [4.78, 5) is 14.9. The van der Waals surface area contributed by atoms with Crippen LogP contribution in [0.15, 0.2) is 0 Å². The summed E-state index contributed by atoms with van der Waals surface area (Å²) >= 11 is 4.45. The lowest BCUT2D eigenvalue weighted by Crippen LogP contribution is -1.41. The van der Waals surface area contributed by atoms with Crippen molar-refractivity contribution in [3.8, 4) is 0 Å². The Morgan fingerprint density at radius 1 is 1.40 bits per heavy atom. The molecule has 0 unspecified atom stereocenters. The molecule has 0 heterocycles. The highest BCUT2D eigenvalue weighted by Gasteiger charge is 1.77. The minimum atomic E-state index is -2.15. The zero-order valence-corrected chi connectivity index (χ0v) is 4.08. The van der Waals surface area contributed by atoms with E-state index in [1.807, 2.05) is 0 Å². The molecule has 0 radical (unpaired) electrons. The van der Waals surface area contributed by atoms with Crippen LogP contribution >= 0.6 is 19.0 Å². The van der Waals surface area contributed by atoms with Gasteiger partial charge in [-0.1, -0.05) is 0 Å². The van der Waals surface area contributed by atoms with E-state index in [0.29, 0.717) is 0 Å². The van der Waals surface area contributed by atoms with Gasteiger partial charge in [-0.3, -0.25) is 0 Å². The van der Waals surface area contributed by atoms with E-state index in [-0.39, 0.29) is 6.15 Å². The fourth-order valence-electron chi connectivity index (χ4n) is 0. The van der Waals surface area contributed by atoms with E-state index in [2.05, 4.69) is 11.2 Å². The van der Waals surface area contributed by atoms with Crippen molar-refractivity contribution >= 4 is 19.0 Å². The average molecular weight is 117 g/mol. The molecule has 0 aliphatic heterocycles. The van der Waals surface area contributed by atoms with E-state index in [4.69, 9.17) is 9.79 Å². The maximum atomic E-state index is 7.44. The Labute approximate surface area is 35.9 Å². The lowest BCUT2D eigenvalue weighted by atomic mass is 14.0. The van der Waals surface area contributed by atoms with Crippen LogP contribution in [0.4, 0.5) is 0 Å². The topological polar surface area (TPSA) is 75.5 Å². The lowest BCUT2D eigenvalue weighted by molar-refractivity contribution is 0.504. The minimum absolute atomic E-state index is 0. The third kappa shape index (κ3) is 86.4. The Kier molecular flexibility index (Phi) is 8.41. The summed E-state index contributed by atoms with van der Waals surface area (Å²) in [7, 11) is -2.15. The van der Waals surface area contributed by atoms with Crippen molar-refractivity contribution in [2.75, 3.05) is 0 Å². The predicted molar refractivity (Wildman–Crippen MR) is 22.2 cm³/mol. The number of rotatable bonds is 0. The Morgan fingerprint density at radius 3 is 1.40 bits per heavy atom. The number of hydrogen-bond donors (Lipinski definition) is 3. The van der Waals surface area contributed by atoms with Gasteiger partial charge in [0.2, 0.25) is 0 Å². The maximum Gasteiger partial charge on any atom is 0.271 e. The monoisotopic (exact) mass is 117 g/mol. The molecule has 0 spiro atoms. The van der Waals surface area contributed by atoms with Gasteiger partial charge >= 0.3 is 0 Å². The molecule has 0 aliphatic carbocycles. The van der Waals surface area contributed by atoms with Gasteiger partial charge in [-0.25, -0.2) is 0 Å². The predicted octanol–water partition coefficient (Wildman–Crippen LogP) is 0.599. The fourth-order valence-corrected chi connectivity index (χ4v) is 0. The van der Waals surface area contributed by atoms with Gasteiger partial charge in [0.1, 0.15) is 0 Å². The van der Waals surface area contributed by atoms with Crippen LogP contribution in [0.25, 0.3) is 0 Å². The molecule has 5 heteroatoms. The summed E-state index contributed by atoms with van der Waals surface area (Å²) in [6.07, 6.45) is 0. The molecule has 34 valence electrons. The zero-order chi connectivity index (χ0) is 3.58. The Bertz CT molecular complexity index is 14.4. The van der Waals surface area contributed by atoms with Crippen molar-refractivity contribution in [3.05, 3.63) is 0 Å². The normalized spacial score (nSPS) is 7.20. The largest absolute Gasteiger partial charge is 0.344 e. The zero-order valence-electron chi connectivity index (χ0n) is 2.43. The Morgan fingerprint density at radius 2 is 1.40 bits per heavy atom.